The van der Waals surface area contributed by atoms with E-state index in [1.165, 1.54) is 4.90 Å². The van der Waals surface area contributed by atoms with Gasteiger partial charge in [-0.05, 0) is 27.2 Å². The molecule has 0 spiro atoms. The van der Waals surface area contributed by atoms with Crippen LogP contribution in [-0.2, 0) is 9.59 Å². The molecule has 1 saturated carbocycles. The highest BCUT2D eigenvalue weighted by Crippen LogP contribution is 2.64. The molecule has 1 aliphatic carbocycles. The summed E-state index contributed by atoms with van der Waals surface area (Å²) in [6, 6.07) is 0.0580. The fraction of sp³-hybridized carbons (Fsp3) is 0.818. The summed E-state index contributed by atoms with van der Waals surface area (Å²) >= 11 is 11.9. The number of nitrogens with zero attached hydrogens (tertiary/aromatic N) is 1. The van der Waals surface area contributed by atoms with E-state index < -0.39 is 9.75 Å². The molecule has 0 radical (unpaired) electrons. The number of halogens is 2. The Morgan fingerprint density at radius 3 is 2.24 bits per heavy atom. The van der Waals surface area contributed by atoms with Gasteiger partial charge in [0.25, 0.3) is 0 Å². The molecular formula is C11H18Cl2N2O2. The van der Waals surface area contributed by atoms with Crippen molar-refractivity contribution in [1.29, 1.82) is 0 Å². The van der Waals surface area contributed by atoms with Crippen molar-refractivity contribution in [2.45, 2.75) is 37.6 Å². The second-order valence-electron chi connectivity index (χ2n) is 5.10. The smallest absolute Gasteiger partial charge is 0.239 e. The summed E-state index contributed by atoms with van der Waals surface area (Å²) in [7, 11) is 1.58. The third-order valence-corrected chi connectivity index (χ3v) is 4.01. The van der Waals surface area contributed by atoms with E-state index in [4.69, 9.17) is 23.2 Å². The minimum atomic E-state index is -0.993. The number of hydrogen-bond acceptors (Lipinski definition) is 2. The number of nitrogens with one attached hydrogen (secondary N) is 1. The number of rotatable bonds is 4. The molecule has 4 nitrogen and oxygen atoms in total. The third-order valence-electron chi connectivity index (χ3n) is 2.91. The summed E-state index contributed by atoms with van der Waals surface area (Å²) in [5.74, 6) is -0.378. The van der Waals surface area contributed by atoms with Crippen LogP contribution in [-0.4, -0.2) is 40.7 Å². The Labute approximate surface area is 112 Å². The Balaban J connectivity index is 2.52. The molecule has 0 saturated heterocycles. The second-order valence-corrected chi connectivity index (χ2v) is 6.58. The first-order chi connectivity index (χ1) is 7.60. The van der Waals surface area contributed by atoms with E-state index in [0.717, 1.165) is 0 Å². The summed E-state index contributed by atoms with van der Waals surface area (Å²) in [5, 5.41) is 2.72. The van der Waals surface area contributed by atoms with E-state index in [9.17, 15) is 9.59 Å². The minimum Gasteiger partial charge on any atom is -0.352 e. The summed E-state index contributed by atoms with van der Waals surface area (Å²) in [6.45, 7) is 5.47. The van der Waals surface area contributed by atoms with Gasteiger partial charge in [0.15, 0.2) is 0 Å². The van der Waals surface area contributed by atoms with Crippen LogP contribution >= 0.6 is 23.2 Å². The van der Waals surface area contributed by atoms with Gasteiger partial charge in [-0.25, -0.2) is 0 Å². The summed E-state index contributed by atoms with van der Waals surface area (Å²) < 4.78 is -0.993. The lowest BCUT2D eigenvalue weighted by atomic mass is 10.1. The number of likely N-dealkylation sites (N-methyl/N-ethyl adjacent to an activating group) is 1. The highest BCUT2D eigenvalue weighted by atomic mass is 35.5. The Morgan fingerprint density at radius 2 is 1.88 bits per heavy atom. The fourth-order valence-electron chi connectivity index (χ4n) is 1.71. The lowest BCUT2D eigenvalue weighted by molar-refractivity contribution is -0.138. The molecule has 0 aromatic heterocycles. The van der Waals surface area contributed by atoms with Gasteiger partial charge in [-0.15, -0.1) is 23.2 Å². The quantitative estimate of drug-likeness (QED) is 0.795. The predicted molar refractivity (Wildman–Crippen MR) is 68.1 cm³/mol. The summed E-state index contributed by atoms with van der Waals surface area (Å²) in [6.07, 6.45) is 0.429. The fourth-order valence-corrected chi connectivity index (χ4v) is 2.40. The molecule has 98 valence electrons. The van der Waals surface area contributed by atoms with Crippen LogP contribution in [0.2, 0.25) is 0 Å². The first-order valence-corrected chi connectivity index (χ1v) is 6.28. The monoisotopic (exact) mass is 280 g/mol. The van der Waals surface area contributed by atoms with E-state index in [0.29, 0.717) is 6.42 Å². The van der Waals surface area contributed by atoms with Crippen molar-refractivity contribution in [3.8, 4) is 0 Å². The number of alkyl halides is 2. The average Bonchev–Trinajstić information content (AvgIpc) is 2.64. The molecule has 1 fully saturated rings. The maximum atomic E-state index is 12.0. The van der Waals surface area contributed by atoms with Gasteiger partial charge in [0.2, 0.25) is 11.8 Å². The zero-order valence-electron chi connectivity index (χ0n) is 10.5. The maximum absolute atomic E-state index is 12.0. The molecule has 1 N–H and O–H groups in total. The van der Waals surface area contributed by atoms with Gasteiger partial charge in [0.1, 0.15) is 4.33 Å². The van der Waals surface area contributed by atoms with Crippen LogP contribution in [0.3, 0.4) is 0 Å². The normalized spacial score (nSPS) is 25.6. The molecule has 0 aliphatic heterocycles. The van der Waals surface area contributed by atoms with Crippen molar-refractivity contribution >= 4 is 35.0 Å². The maximum Gasteiger partial charge on any atom is 0.239 e. The zero-order valence-corrected chi connectivity index (χ0v) is 12.0. The van der Waals surface area contributed by atoms with E-state index >= 15 is 0 Å². The molecule has 0 bridgehead atoms. The molecule has 1 atom stereocenters. The average molecular weight is 281 g/mol. The van der Waals surface area contributed by atoms with Gasteiger partial charge in [-0.1, -0.05) is 0 Å². The highest BCUT2D eigenvalue weighted by molar-refractivity contribution is 6.53. The number of amides is 2. The Morgan fingerprint density at radius 1 is 1.41 bits per heavy atom. The molecule has 17 heavy (non-hydrogen) atoms. The topological polar surface area (TPSA) is 49.4 Å². The second kappa shape index (κ2) is 4.65. The van der Waals surface area contributed by atoms with Crippen LogP contribution in [0.25, 0.3) is 0 Å². The SMILES string of the molecule is CC(C)NC(=O)CN(C)C(=O)[C@]1(C)CC1(Cl)Cl. The van der Waals surface area contributed by atoms with E-state index in [1.54, 1.807) is 14.0 Å². The highest BCUT2D eigenvalue weighted by Gasteiger charge is 2.68. The van der Waals surface area contributed by atoms with Gasteiger partial charge >= 0.3 is 0 Å². The first kappa shape index (κ1) is 14.6. The molecule has 6 heteroatoms. The lowest BCUT2D eigenvalue weighted by Gasteiger charge is -2.22. The molecule has 0 unspecified atom stereocenters. The van der Waals surface area contributed by atoms with Gasteiger partial charge in [0.05, 0.1) is 12.0 Å². The largest absolute Gasteiger partial charge is 0.352 e. The van der Waals surface area contributed by atoms with Gasteiger partial charge in [-0.2, -0.15) is 0 Å². The van der Waals surface area contributed by atoms with Gasteiger partial charge in [0, 0.05) is 13.1 Å². The standard InChI is InChI=1S/C11H18Cl2N2O2/c1-7(2)14-8(16)5-15(4)9(17)10(3)6-11(10,12)13/h7H,5-6H2,1-4H3,(H,14,16)/t10-/m0/s1. The molecule has 2 amide bonds. The van der Waals surface area contributed by atoms with Gasteiger partial charge in [-0.3, -0.25) is 9.59 Å². The Hall–Kier alpha value is -0.480. The van der Waals surface area contributed by atoms with E-state index in [2.05, 4.69) is 5.32 Å². The molecule has 0 aromatic rings. The molecule has 0 heterocycles. The molecule has 0 aromatic carbocycles. The first-order valence-electron chi connectivity index (χ1n) is 5.53. The van der Waals surface area contributed by atoms with Crippen molar-refractivity contribution in [1.82, 2.24) is 10.2 Å². The van der Waals surface area contributed by atoms with Gasteiger partial charge < -0.3 is 10.2 Å². The number of carbonyl (C=O) groups excluding carboxylic acids is 2. The van der Waals surface area contributed by atoms with Crippen LogP contribution in [0.4, 0.5) is 0 Å². The molecule has 1 rings (SSSR count). The van der Waals surface area contributed by atoms with Crippen LogP contribution < -0.4 is 5.32 Å². The van der Waals surface area contributed by atoms with Crippen LogP contribution in [0.5, 0.6) is 0 Å². The van der Waals surface area contributed by atoms with E-state index in [1.807, 2.05) is 13.8 Å². The lowest BCUT2D eigenvalue weighted by Crippen LogP contribution is -2.43. The third kappa shape index (κ3) is 3.05. The van der Waals surface area contributed by atoms with Crippen LogP contribution in [0.15, 0.2) is 0 Å². The van der Waals surface area contributed by atoms with Crippen molar-refractivity contribution in [2.24, 2.45) is 5.41 Å². The zero-order chi connectivity index (χ0) is 13.4. The summed E-state index contributed by atoms with van der Waals surface area (Å²) in [4.78, 5) is 24.9. The van der Waals surface area contributed by atoms with E-state index in [-0.39, 0.29) is 24.4 Å². The number of carbonyl (C=O) groups is 2. The Bertz CT molecular complexity index is 344. The van der Waals surface area contributed by atoms with Crippen molar-refractivity contribution in [2.75, 3.05) is 13.6 Å². The van der Waals surface area contributed by atoms with Crippen LogP contribution in [0, 0.1) is 5.41 Å². The van der Waals surface area contributed by atoms with Crippen molar-refractivity contribution < 1.29 is 9.59 Å². The molecular weight excluding hydrogens is 263 g/mol. The van der Waals surface area contributed by atoms with Crippen LogP contribution in [0.1, 0.15) is 27.2 Å². The number of hydrogen-bond donors (Lipinski definition) is 1. The Kier molecular flexibility index (Phi) is 3.99. The summed E-state index contributed by atoms with van der Waals surface area (Å²) in [5.41, 5.74) is -0.761. The molecule has 1 aliphatic rings. The predicted octanol–water partition coefficient (Wildman–Crippen LogP) is 1.55. The van der Waals surface area contributed by atoms with Crippen molar-refractivity contribution in [3.63, 3.8) is 0 Å². The minimum absolute atomic E-state index is 0.0243. The van der Waals surface area contributed by atoms with Crippen molar-refractivity contribution in [3.05, 3.63) is 0 Å².